The molecule has 0 bridgehead atoms. The number of carbonyl (C=O) groups is 3. The second kappa shape index (κ2) is 10.1. The Hall–Kier alpha value is -3.06. The van der Waals surface area contributed by atoms with Gasteiger partial charge in [-0.2, -0.15) is 0 Å². The minimum Gasteiger partial charge on any atom is -0.352 e. The highest BCUT2D eigenvalue weighted by atomic mass is 35.5. The van der Waals surface area contributed by atoms with Crippen LogP contribution in [0, 0.1) is 0 Å². The van der Waals surface area contributed by atoms with Gasteiger partial charge in [0, 0.05) is 55.9 Å². The van der Waals surface area contributed by atoms with Crippen LogP contribution >= 0.6 is 11.6 Å². The van der Waals surface area contributed by atoms with Crippen LogP contribution in [0.15, 0.2) is 48.5 Å². The standard InChI is InChI=1S/C22H25ClN4O3/c1-16(28)24-15-17-6-8-18(9-7-17)21(29)26-10-3-11-27(13-12-26)22(30)25-20-5-2-4-19(23)14-20/h2,4-9,14H,3,10-13,15H2,1H3,(H,24,28)(H,25,30). The smallest absolute Gasteiger partial charge is 0.321 e. The molecule has 1 aliphatic rings. The fraction of sp³-hybridized carbons (Fsp3) is 0.318. The van der Waals surface area contributed by atoms with E-state index in [1.165, 1.54) is 6.92 Å². The highest BCUT2D eigenvalue weighted by molar-refractivity contribution is 6.30. The van der Waals surface area contributed by atoms with Crippen LogP contribution in [0.3, 0.4) is 0 Å². The molecule has 0 spiro atoms. The van der Waals surface area contributed by atoms with Gasteiger partial charge in [-0.1, -0.05) is 29.8 Å². The van der Waals surface area contributed by atoms with Gasteiger partial charge in [-0.25, -0.2) is 4.79 Å². The van der Waals surface area contributed by atoms with Gasteiger partial charge in [0.2, 0.25) is 5.91 Å². The summed E-state index contributed by atoms with van der Waals surface area (Å²) in [6.45, 7) is 3.99. The van der Waals surface area contributed by atoms with Crippen LogP contribution in [-0.4, -0.2) is 53.8 Å². The number of hydrogen-bond donors (Lipinski definition) is 2. The molecule has 1 saturated heterocycles. The lowest BCUT2D eigenvalue weighted by molar-refractivity contribution is -0.119. The van der Waals surface area contributed by atoms with E-state index in [9.17, 15) is 14.4 Å². The van der Waals surface area contributed by atoms with Gasteiger partial charge in [0.15, 0.2) is 0 Å². The molecule has 158 valence electrons. The van der Waals surface area contributed by atoms with E-state index in [4.69, 9.17) is 11.6 Å². The third kappa shape index (κ3) is 5.97. The molecule has 1 aliphatic heterocycles. The van der Waals surface area contributed by atoms with Crippen molar-refractivity contribution in [2.24, 2.45) is 0 Å². The zero-order valence-electron chi connectivity index (χ0n) is 16.9. The van der Waals surface area contributed by atoms with E-state index in [1.54, 1.807) is 46.2 Å². The molecule has 0 aromatic heterocycles. The maximum Gasteiger partial charge on any atom is 0.321 e. The maximum absolute atomic E-state index is 12.9. The van der Waals surface area contributed by atoms with Crippen molar-refractivity contribution in [3.05, 3.63) is 64.7 Å². The number of benzene rings is 2. The molecule has 2 aromatic carbocycles. The second-order valence-electron chi connectivity index (χ2n) is 7.18. The van der Waals surface area contributed by atoms with Crippen LogP contribution in [0.5, 0.6) is 0 Å². The number of anilines is 1. The summed E-state index contributed by atoms with van der Waals surface area (Å²) in [5.74, 6) is -0.151. The van der Waals surface area contributed by atoms with Gasteiger partial charge in [-0.15, -0.1) is 0 Å². The van der Waals surface area contributed by atoms with E-state index in [0.717, 1.165) is 5.56 Å². The van der Waals surface area contributed by atoms with E-state index < -0.39 is 0 Å². The third-order valence-corrected chi connectivity index (χ3v) is 5.12. The lowest BCUT2D eigenvalue weighted by Crippen LogP contribution is -2.39. The molecular weight excluding hydrogens is 404 g/mol. The van der Waals surface area contributed by atoms with Crippen molar-refractivity contribution in [2.45, 2.75) is 19.9 Å². The summed E-state index contributed by atoms with van der Waals surface area (Å²) < 4.78 is 0. The first-order valence-electron chi connectivity index (χ1n) is 9.86. The van der Waals surface area contributed by atoms with E-state index in [-0.39, 0.29) is 17.8 Å². The summed E-state index contributed by atoms with van der Waals surface area (Å²) in [6, 6.07) is 14.0. The van der Waals surface area contributed by atoms with Crippen molar-refractivity contribution in [1.82, 2.24) is 15.1 Å². The Kier molecular flexibility index (Phi) is 7.30. The largest absolute Gasteiger partial charge is 0.352 e. The normalized spacial score (nSPS) is 14.1. The van der Waals surface area contributed by atoms with Gasteiger partial charge < -0.3 is 20.4 Å². The molecule has 1 heterocycles. The predicted molar refractivity (Wildman–Crippen MR) is 117 cm³/mol. The average Bonchev–Trinajstić information content (AvgIpc) is 2.98. The quantitative estimate of drug-likeness (QED) is 0.783. The van der Waals surface area contributed by atoms with Crippen LogP contribution in [0.1, 0.15) is 29.3 Å². The van der Waals surface area contributed by atoms with Crippen molar-refractivity contribution in [3.8, 4) is 0 Å². The second-order valence-corrected chi connectivity index (χ2v) is 7.62. The predicted octanol–water partition coefficient (Wildman–Crippen LogP) is 3.36. The number of urea groups is 1. The first kappa shape index (κ1) is 21.6. The number of halogens is 1. The zero-order chi connectivity index (χ0) is 21.5. The van der Waals surface area contributed by atoms with E-state index in [2.05, 4.69) is 10.6 Å². The Morgan fingerprint density at radius 3 is 2.37 bits per heavy atom. The number of hydrogen-bond acceptors (Lipinski definition) is 3. The van der Waals surface area contributed by atoms with Crippen molar-refractivity contribution < 1.29 is 14.4 Å². The van der Waals surface area contributed by atoms with Crippen molar-refractivity contribution >= 4 is 35.1 Å². The molecule has 0 aliphatic carbocycles. The highest BCUT2D eigenvalue weighted by Gasteiger charge is 2.23. The SMILES string of the molecule is CC(=O)NCc1ccc(C(=O)N2CCCN(C(=O)Nc3cccc(Cl)c3)CC2)cc1. The summed E-state index contributed by atoms with van der Waals surface area (Å²) in [7, 11) is 0. The number of nitrogens with zero attached hydrogens (tertiary/aromatic N) is 2. The number of carbonyl (C=O) groups excluding carboxylic acids is 3. The van der Waals surface area contributed by atoms with Gasteiger partial charge in [-0.3, -0.25) is 9.59 Å². The molecule has 30 heavy (non-hydrogen) atoms. The molecule has 8 heteroatoms. The minimum absolute atomic E-state index is 0.0572. The molecule has 7 nitrogen and oxygen atoms in total. The number of rotatable bonds is 4. The molecular formula is C22H25ClN4O3. The summed E-state index contributed by atoms with van der Waals surface area (Å²) in [5, 5.41) is 6.14. The topological polar surface area (TPSA) is 81.8 Å². The fourth-order valence-electron chi connectivity index (χ4n) is 3.27. The molecule has 2 N–H and O–H groups in total. The Bertz CT molecular complexity index is 917. The van der Waals surface area contributed by atoms with Gasteiger partial charge in [0.25, 0.3) is 5.91 Å². The molecule has 0 radical (unpaired) electrons. The number of nitrogens with one attached hydrogen (secondary N) is 2. The van der Waals surface area contributed by atoms with E-state index in [0.29, 0.717) is 55.4 Å². The Balaban J connectivity index is 1.55. The number of amides is 4. The van der Waals surface area contributed by atoms with Crippen molar-refractivity contribution in [3.63, 3.8) is 0 Å². The maximum atomic E-state index is 12.9. The van der Waals surface area contributed by atoms with Gasteiger partial charge in [-0.05, 0) is 42.3 Å². The monoisotopic (exact) mass is 428 g/mol. The summed E-state index contributed by atoms with van der Waals surface area (Å²) in [5.41, 5.74) is 2.17. The minimum atomic E-state index is -0.200. The van der Waals surface area contributed by atoms with Gasteiger partial charge >= 0.3 is 6.03 Å². The molecule has 0 saturated carbocycles. The Morgan fingerprint density at radius 2 is 1.67 bits per heavy atom. The van der Waals surface area contributed by atoms with Gasteiger partial charge in [0.1, 0.15) is 0 Å². The first-order chi connectivity index (χ1) is 14.4. The Morgan fingerprint density at radius 1 is 0.967 bits per heavy atom. The molecule has 0 unspecified atom stereocenters. The molecule has 3 rings (SSSR count). The third-order valence-electron chi connectivity index (χ3n) is 4.89. The lowest BCUT2D eigenvalue weighted by atomic mass is 10.1. The van der Waals surface area contributed by atoms with Gasteiger partial charge in [0.05, 0.1) is 0 Å². The van der Waals surface area contributed by atoms with E-state index >= 15 is 0 Å². The van der Waals surface area contributed by atoms with Crippen LogP contribution < -0.4 is 10.6 Å². The van der Waals surface area contributed by atoms with Crippen molar-refractivity contribution in [1.29, 1.82) is 0 Å². The molecule has 2 aromatic rings. The average molecular weight is 429 g/mol. The van der Waals surface area contributed by atoms with Crippen LogP contribution in [0.4, 0.5) is 10.5 Å². The summed E-state index contributed by atoms with van der Waals surface area (Å²) in [6.07, 6.45) is 0.704. The Labute approximate surface area is 181 Å². The van der Waals surface area contributed by atoms with Crippen LogP contribution in [0.2, 0.25) is 5.02 Å². The van der Waals surface area contributed by atoms with Crippen molar-refractivity contribution in [2.75, 3.05) is 31.5 Å². The molecule has 4 amide bonds. The van der Waals surface area contributed by atoms with Crippen LogP contribution in [-0.2, 0) is 11.3 Å². The highest BCUT2D eigenvalue weighted by Crippen LogP contribution is 2.16. The molecule has 1 fully saturated rings. The fourth-order valence-corrected chi connectivity index (χ4v) is 3.46. The molecule has 0 atom stereocenters. The zero-order valence-corrected chi connectivity index (χ0v) is 17.6. The first-order valence-corrected chi connectivity index (χ1v) is 10.2. The lowest BCUT2D eigenvalue weighted by Gasteiger charge is -2.22. The summed E-state index contributed by atoms with van der Waals surface area (Å²) in [4.78, 5) is 39.9. The van der Waals surface area contributed by atoms with E-state index in [1.807, 2.05) is 12.1 Å². The van der Waals surface area contributed by atoms with Crippen LogP contribution in [0.25, 0.3) is 0 Å². The summed E-state index contributed by atoms with van der Waals surface area (Å²) >= 11 is 5.97.